The zero-order valence-corrected chi connectivity index (χ0v) is 16.1. The molecule has 0 bridgehead atoms. The summed E-state index contributed by atoms with van der Waals surface area (Å²) in [5, 5.41) is 10.1. The van der Waals surface area contributed by atoms with Gasteiger partial charge in [-0.2, -0.15) is 0 Å². The molecule has 4 nitrogen and oxygen atoms in total. The molecular formula is C24H23NO3. The summed E-state index contributed by atoms with van der Waals surface area (Å²) < 4.78 is 12.0. The summed E-state index contributed by atoms with van der Waals surface area (Å²) in [6.07, 6.45) is 3.18. The van der Waals surface area contributed by atoms with Crippen molar-refractivity contribution >= 4 is 16.5 Å². The summed E-state index contributed by atoms with van der Waals surface area (Å²) in [4.78, 5) is 4.72. The van der Waals surface area contributed by atoms with Crippen molar-refractivity contribution < 1.29 is 13.9 Å². The van der Waals surface area contributed by atoms with Crippen LogP contribution in [0.1, 0.15) is 36.6 Å². The van der Waals surface area contributed by atoms with Gasteiger partial charge in [-0.1, -0.05) is 37.3 Å². The Morgan fingerprint density at radius 1 is 1.07 bits per heavy atom. The second-order valence-electron chi connectivity index (χ2n) is 6.82. The first-order chi connectivity index (χ1) is 13.7. The van der Waals surface area contributed by atoms with Crippen molar-refractivity contribution in [3.8, 4) is 11.5 Å². The van der Waals surface area contributed by atoms with Crippen LogP contribution in [-0.4, -0.2) is 16.7 Å². The SMILES string of the molecule is CCc1oc(-c2ccccc2)nc1Cc1cc2cc(/C(C)=C\CO)ccc2o1. The Morgan fingerprint density at radius 2 is 1.89 bits per heavy atom. The molecule has 0 spiro atoms. The number of furan rings is 1. The normalized spacial score (nSPS) is 12.0. The van der Waals surface area contributed by atoms with Gasteiger partial charge in [0.15, 0.2) is 0 Å². The zero-order chi connectivity index (χ0) is 19.5. The summed E-state index contributed by atoms with van der Waals surface area (Å²) >= 11 is 0. The highest BCUT2D eigenvalue weighted by atomic mass is 16.4. The maximum absolute atomic E-state index is 9.10. The van der Waals surface area contributed by atoms with Gasteiger partial charge in [-0.15, -0.1) is 0 Å². The zero-order valence-electron chi connectivity index (χ0n) is 16.1. The van der Waals surface area contributed by atoms with Crippen LogP contribution < -0.4 is 0 Å². The lowest BCUT2D eigenvalue weighted by Gasteiger charge is -2.00. The third-order valence-corrected chi connectivity index (χ3v) is 4.88. The van der Waals surface area contributed by atoms with Crippen LogP contribution in [-0.2, 0) is 12.8 Å². The molecule has 0 atom stereocenters. The van der Waals surface area contributed by atoms with Gasteiger partial charge in [-0.3, -0.25) is 0 Å². The number of aryl methyl sites for hydroxylation is 1. The van der Waals surface area contributed by atoms with Crippen LogP contribution in [0.2, 0.25) is 0 Å². The standard InChI is InChI=1S/C24H23NO3/c1-3-22-21(25-24(28-22)17-7-5-4-6-8-17)15-20-14-19-13-18(16(2)11-12-26)9-10-23(19)27-20/h4-11,13-14,26H,3,12,15H2,1-2H3/b16-11-. The lowest BCUT2D eigenvalue weighted by atomic mass is 10.1. The highest BCUT2D eigenvalue weighted by molar-refractivity contribution is 5.82. The van der Waals surface area contributed by atoms with E-state index in [1.807, 2.05) is 49.4 Å². The number of benzene rings is 2. The van der Waals surface area contributed by atoms with Gasteiger partial charge in [-0.05, 0) is 48.4 Å². The summed E-state index contributed by atoms with van der Waals surface area (Å²) in [7, 11) is 0. The average molecular weight is 373 g/mol. The van der Waals surface area contributed by atoms with E-state index < -0.39 is 0 Å². The van der Waals surface area contributed by atoms with Crippen LogP contribution >= 0.6 is 0 Å². The molecule has 0 aliphatic rings. The smallest absolute Gasteiger partial charge is 0.226 e. The molecule has 142 valence electrons. The predicted molar refractivity (Wildman–Crippen MR) is 111 cm³/mol. The molecule has 0 saturated carbocycles. The quantitative estimate of drug-likeness (QED) is 0.475. The maximum Gasteiger partial charge on any atom is 0.226 e. The predicted octanol–water partition coefficient (Wildman–Crippen LogP) is 5.64. The van der Waals surface area contributed by atoms with Gasteiger partial charge in [0, 0.05) is 17.4 Å². The van der Waals surface area contributed by atoms with Crippen LogP contribution in [0, 0.1) is 0 Å². The average Bonchev–Trinajstić information content (AvgIpc) is 3.31. The second-order valence-corrected chi connectivity index (χ2v) is 6.82. The second kappa shape index (κ2) is 7.87. The number of hydrogen-bond acceptors (Lipinski definition) is 4. The molecule has 0 unspecified atom stereocenters. The number of aliphatic hydroxyl groups is 1. The van der Waals surface area contributed by atoms with E-state index >= 15 is 0 Å². The Morgan fingerprint density at radius 3 is 2.64 bits per heavy atom. The fraction of sp³-hybridized carbons (Fsp3) is 0.208. The van der Waals surface area contributed by atoms with Crippen molar-refractivity contribution in [2.45, 2.75) is 26.7 Å². The van der Waals surface area contributed by atoms with Gasteiger partial charge >= 0.3 is 0 Å². The van der Waals surface area contributed by atoms with E-state index in [9.17, 15) is 0 Å². The van der Waals surface area contributed by atoms with Crippen molar-refractivity contribution in [1.29, 1.82) is 0 Å². The van der Waals surface area contributed by atoms with Gasteiger partial charge in [0.2, 0.25) is 5.89 Å². The number of fused-ring (bicyclic) bond motifs is 1. The van der Waals surface area contributed by atoms with Crippen molar-refractivity contribution in [1.82, 2.24) is 4.98 Å². The number of oxazole rings is 1. The number of nitrogens with zero attached hydrogens (tertiary/aromatic N) is 1. The Kier molecular flexibility index (Phi) is 5.13. The first kappa shape index (κ1) is 18.3. The minimum Gasteiger partial charge on any atom is -0.461 e. The highest BCUT2D eigenvalue weighted by Crippen LogP contribution is 2.28. The van der Waals surface area contributed by atoms with Crippen LogP contribution in [0.4, 0.5) is 0 Å². The molecule has 28 heavy (non-hydrogen) atoms. The van der Waals surface area contributed by atoms with Crippen molar-refractivity contribution in [3.63, 3.8) is 0 Å². The molecule has 2 aromatic heterocycles. The van der Waals surface area contributed by atoms with Crippen LogP contribution in [0.25, 0.3) is 28.0 Å². The number of rotatable bonds is 6. The van der Waals surface area contributed by atoms with Gasteiger partial charge in [0.25, 0.3) is 0 Å². The Hall–Kier alpha value is -3.11. The third kappa shape index (κ3) is 3.64. The van der Waals surface area contributed by atoms with E-state index in [1.54, 1.807) is 6.08 Å². The van der Waals surface area contributed by atoms with E-state index in [-0.39, 0.29) is 6.61 Å². The molecule has 0 aliphatic carbocycles. The van der Waals surface area contributed by atoms with E-state index in [4.69, 9.17) is 18.9 Å². The van der Waals surface area contributed by atoms with E-state index in [2.05, 4.69) is 19.1 Å². The molecule has 2 aromatic carbocycles. The van der Waals surface area contributed by atoms with Crippen LogP contribution in [0.15, 0.2) is 69.5 Å². The number of aromatic nitrogens is 1. The number of hydrogen-bond donors (Lipinski definition) is 1. The summed E-state index contributed by atoms with van der Waals surface area (Å²) in [5.74, 6) is 2.40. The molecule has 0 radical (unpaired) electrons. The number of allylic oxidation sites excluding steroid dienone is 1. The lowest BCUT2D eigenvalue weighted by molar-refractivity contribution is 0.343. The summed E-state index contributed by atoms with van der Waals surface area (Å²) in [6, 6.07) is 18.1. The Labute approximate surface area is 164 Å². The Balaban J connectivity index is 1.64. The molecule has 0 aliphatic heterocycles. The molecule has 1 N–H and O–H groups in total. The highest BCUT2D eigenvalue weighted by Gasteiger charge is 2.16. The molecule has 0 saturated heterocycles. The number of aliphatic hydroxyl groups excluding tert-OH is 1. The summed E-state index contributed by atoms with van der Waals surface area (Å²) in [5.41, 5.74) is 4.86. The van der Waals surface area contributed by atoms with E-state index in [1.165, 1.54) is 0 Å². The van der Waals surface area contributed by atoms with E-state index in [0.717, 1.165) is 51.3 Å². The van der Waals surface area contributed by atoms with Crippen molar-refractivity contribution in [2.75, 3.05) is 6.61 Å². The fourth-order valence-corrected chi connectivity index (χ4v) is 3.35. The first-order valence-electron chi connectivity index (χ1n) is 9.52. The van der Waals surface area contributed by atoms with Gasteiger partial charge in [0.1, 0.15) is 17.1 Å². The molecule has 4 heteroatoms. The molecule has 0 amide bonds. The molecular weight excluding hydrogens is 350 g/mol. The topological polar surface area (TPSA) is 59.4 Å². The largest absolute Gasteiger partial charge is 0.461 e. The van der Waals surface area contributed by atoms with Crippen molar-refractivity contribution in [2.24, 2.45) is 0 Å². The van der Waals surface area contributed by atoms with Crippen LogP contribution in [0.5, 0.6) is 0 Å². The maximum atomic E-state index is 9.10. The van der Waals surface area contributed by atoms with Crippen molar-refractivity contribution in [3.05, 3.63) is 83.5 Å². The molecule has 4 aromatic rings. The first-order valence-corrected chi connectivity index (χ1v) is 9.52. The lowest BCUT2D eigenvalue weighted by Crippen LogP contribution is -1.91. The summed E-state index contributed by atoms with van der Waals surface area (Å²) in [6.45, 7) is 4.10. The van der Waals surface area contributed by atoms with Gasteiger partial charge in [0.05, 0.1) is 18.7 Å². The van der Waals surface area contributed by atoms with E-state index in [0.29, 0.717) is 12.3 Å². The third-order valence-electron chi connectivity index (χ3n) is 4.88. The van der Waals surface area contributed by atoms with Gasteiger partial charge in [-0.25, -0.2) is 4.98 Å². The minimum atomic E-state index is 0.0379. The van der Waals surface area contributed by atoms with Crippen LogP contribution in [0.3, 0.4) is 0 Å². The molecule has 2 heterocycles. The molecule has 0 fully saturated rings. The minimum absolute atomic E-state index is 0.0379. The fourth-order valence-electron chi connectivity index (χ4n) is 3.35. The molecule has 4 rings (SSSR count). The Bertz CT molecular complexity index is 1120. The monoisotopic (exact) mass is 373 g/mol. The van der Waals surface area contributed by atoms with Gasteiger partial charge < -0.3 is 13.9 Å².